The molecule has 0 bridgehead atoms. The number of benzene rings is 2. The Hall–Kier alpha value is -3.79. The predicted octanol–water partition coefficient (Wildman–Crippen LogP) is 3.48. The fraction of sp³-hybridized carbons (Fsp3) is 0.100. The summed E-state index contributed by atoms with van der Waals surface area (Å²) < 4.78 is 26.5. The summed E-state index contributed by atoms with van der Waals surface area (Å²) in [6, 6.07) is 9.54. The normalized spacial score (nSPS) is 10.5. The van der Waals surface area contributed by atoms with Crippen LogP contribution in [0.2, 0.25) is 5.02 Å². The molecule has 3 aromatic rings. The summed E-state index contributed by atoms with van der Waals surface area (Å²) >= 11 is 5.77. The van der Waals surface area contributed by atoms with E-state index in [1.54, 1.807) is 24.3 Å². The van der Waals surface area contributed by atoms with Gasteiger partial charge in [-0.15, -0.1) is 0 Å². The Balaban J connectivity index is 1.59. The average Bonchev–Trinajstić information content (AvgIpc) is 3.18. The second-order valence-corrected chi connectivity index (χ2v) is 6.84. The van der Waals surface area contributed by atoms with E-state index in [9.17, 15) is 23.2 Å². The Bertz CT molecular complexity index is 1150. The van der Waals surface area contributed by atoms with Crippen molar-refractivity contribution in [3.63, 3.8) is 0 Å². The Labute approximate surface area is 180 Å². The van der Waals surface area contributed by atoms with Crippen molar-refractivity contribution in [1.82, 2.24) is 15.5 Å². The molecule has 3 amide bonds. The van der Waals surface area contributed by atoms with Gasteiger partial charge < -0.3 is 16.0 Å². The van der Waals surface area contributed by atoms with Gasteiger partial charge in [0.1, 0.15) is 5.82 Å². The summed E-state index contributed by atoms with van der Waals surface area (Å²) in [6.45, 7) is 1.61. The molecule has 0 spiro atoms. The van der Waals surface area contributed by atoms with Crippen LogP contribution in [-0.4, -0.2) is 27.9 Å². The van der Waals surface area contributed by atoms with Crippen molar-refractivity contribution >= 4 is 40.8 Å². The number of nitrogens with one attached hydrogen (secondary N) is 4. The number of hydrogen-bond acceptors (Lipinski definition) is 4. The number of amides is 3. The van der Waals surface area contributed by atoms with Crippen LogP contribution in [0.5, 0.6) is 0 Å². The van der Waals surface area contributed by atoms with Gasteiger partial charge in [-0.25, -0.2) is 8.78 Å². The largest absolute Gasteiger partial charge is 0.347 e. The quantitative estimate of drug-likeness (QED) is 0.433. The number of carbonyl (C=O) groups excluding carboxylic acids is 3. The van der Waals surface area contributed by atoms with E-state index in [2.05, 4.69) is 26.1 Å². The minimum absolute atomic E-state index is 0.00144. The maximum Gasteiger partial charge on any atom is 0.272 e. The average molecular weight is 448 g/mol. The van der Waals surface area contributed by atoms with E-state index in [1.165, 1.54) is 13.0 Å². The zero-order chi connectivity index (χ0) is 22.5. The Morgan fingerprint density at radius 3 is 2.35 bits per heavy atom. The van der Waals surface area contributed by atoms with Gasteiger partial charge >= 0.3 is 0 Å². The van der Waals surface area contributed by atoms with Gasteiger partial charge in [-0.2, -0.15) is 5.10 Å². The highest BCUT2D eigenvalue weighted by atomic mass is 35.5. The van der Waals surface area contributed by atoms with E-state index >= 15 is 0 Å². The minimum atomic E-state index is -1.22. The van der Waals surface area contributed by atoms with Crippen LogP contribution >= 0.6 is 11.6 Å². The van der Waals surface area contributed by atoms with Crippen molar-refractivity contribution in [2.45, 2.75) is 13.5 Å². The number of carbonyl (C=O) groups is 3. The highest BCUT2D eigenvalue weighted by molar-refractivity contribution is 6.34. The van der Waals surface area contributed by atoms with Gasteiger partial charge in [-0.1, -0.05) is 23.7 Å². The van der Waals surface area contributed by atoms with E-state index < -0.39 is 23.4 Å². The highest BCUT2D eigenvalue weighted by Crippen LogP contribution is 2.21. The van der Waals surface area contributed by atoms with Gasteiger partial charge in [0.05, 0.1) is 10.6 Å². The molecule has 160 valence electrons. The number of rotatable bonds is 6. The van der Waals surface area contributed by atoms with Gasteiger partial charge in [0, 0.05) is 25.2 Å². The molecular weight excluding hydrogens is 432 g/mol. The van der Waals surface area contributed by atoms with Crippen molar-refractivity contribution < 1.29 is 23.2 Å². The van der Waals surface area contributed by atoms with E-state index in [4.69, 9.17) is 11.6 Å². The summed E-state index contributed by atoms with van der Waals surface area (Å²) in [6.07, 6.45) is 0. The van der Waals surface area contributed by atoms with Gasteiger partial charge in [0.25, 0.3) is 11.8 Å². The first-order valence-corrected chi connectivity index (χ1v) is 9.27. The molecule has 1 aromatic heterocycles. The lowest BCUT2D eigenvalue weighted by atomic mass is 10.2. The molecule has 0 unspecified atom stereocenters. The first-order valence-electron chi connectivity index (χ1n) is 8.89. The third kappa shape index (κ3) is 5.64. The first kappa shape index (κ1) is 21.9. The molecule has 4 N–H and O–H groups in total. The Morgan fingerprint density at radius 1 is 1.00 bits per heavy atom. The Kier molecular flexibility index (Phi) is 6.61. The van der Waals surface area contributed by atoms with Crippen molar-refractivity contribution in [3.8, 4) is 0 Å². The maximum atomic E-state index is 13.4. The van der Waals surface area contributed by atoms with Gasteiger partial charge in [0.2, 0.25) is 5.91 Å². The molecule has 0 saturated heterocycles. The van der Waals surface area contributed by atoms with Crippen LogP contribution in [0.15, 0.2) is 42.5 Å². The number of hydrogen-bond donors (Lipinski definition) is 4. The molecule has 0 aliphatic heterocycles. The van der Waals surface area contributed by atoms with Crippen LogP contribution in [0.3, 0.4) is 0 Å². The number of H-pyrrole nitrogens is 1. The van der Waals surface area contributed by atoms with Crippen LogP contribution in [0.4, 0.5) is 20.3 Å². The standard InChI is InChI=1S/C20H16ClF2N5O3/c1-10(29)25-12-4-2-11(3-5-12)9-24-20(31)17-8-18(28-27-17)26-19(30)13-6-15(22)16(23)7-14(13)21/h2-8H,9H2,1H3,(H,24,31)(H,25,29)(H2,26,27,28,30). The lowest BCUT2D eigenvalue weighted by Crippen LogP contribution is -2.23. The van der Waals surface area contributed by atoms with Crippen LogP contribution in [0.25, 0.3) is 0 Å². The third-order valence-corrected chi connectivity index (χ3v) is 4.35. The summed E-state index contributed by atoms with van der Waals surface area (Å²) in [5, 5.41) is 13.7. The molecule has 0 atom stereocenters. The molecule has 11 heteroatoms. The lowest BCUT2D eigenvalue weighted by molar-refractivity contribution is -0.114. The SMILES string of the molecule is CC(=O)Nc1ccc(CNC(=O)c2cc(NC(=O)c3cc(F)c(F)cc3Cl)[nH]n2)cc1. The smallest absolute Gasteiger partial charge is 0.272 e. The number of aromatic amines is 1. The summed E-state index contributed by atoms with van der Waals surface area (Å²) in [5.74, 6) is -3.83. The maximum absolute atomic E-state index is 13.4. The van der Waals surface area contributed by atoms with Gasteiger partial charge in [-0.3, -0.25) is 19.5 Å². The summed E-state index contributed by atoms with van der Waals surface area (Å²) in [4.78, 5) is 35.5. The molecule has 0 fully saturated rings. The first-order chi connectivity index (χ1) is 14.7. The van der Waals surface area contributed by atoms with Gasteiger partial charge in [0.15, 0.2) is 17.3 Å². The molecule has 0 aliphatic carbocycles. The minimum Gasteiger partial charge on any atom is -0.347 e. The zero-order valence-electron chi connectivity index (χ0n) is 16.1. The molecule has 0 saturated carbocycles. The molecule has 0 radical (unpaired) electrons. The molecule has 2 aromatic carbocycles. The van der Waals surface area contributed by atoms with Crippen molar-refractivity contribution in [3.05, 3.63) is 75.9 Å². The fourth-order valence-electron chi connectivity index (χ4n) is 2.57. The number of aromatic nitrogens is 2. The Morgan fingerprint density at radius 2 is 1.68 bits per heavy atom. The molecule has 0 aliphatic rings. The molecule has 3 rings (SSSR count). The summed E-state index contributed by atoms with van der Waals surface area (Å²) in [5.41, 5.74) is 1.15. The van der Waals surface area contributed by atoms with Crippen LogP contribution < -0.4 is 16.0 Å². The second kappa shape index (κ2) is 9.35. The van der Waals surface area contributed by atoms with Crippen molar-refractivity contribution in [2.75, 3.05) is 10.6 Å². The van der Waals surface area contributed by atoms with Crippen molar-refractivity contribution in [1.29, 1.82) is 0 Å². The van der Waals surface area contributed by atoms with Crippen molar-refractivity contribution in [2.24, 2.45) is 0 Å². The van der Waals surface area contributed by atoms with Crippen LogP contribution in [0.1, 0.15) is 33.3 Å². The summed E-state index contributed by atoms with van der Waals surface area (Å²) in [7, 11) is 0. The van der Waals surface area contributed by atoms with Gasteiger partial charge in [-0.05, 0) is 29.8 Å². The molecule has 31 heavy (non-hydrogen) atoms. The third-order valence-electron chi connectivity index (χ3n) is 4.04. The van der Waals surface area contributed by atoms with E-state index in [-0.39, 0.29) is 34.5 Å². The number of nitrogens with zero attached hydrogens (tertiary/aromatic N) is 1. The van der Waals surface area contributed by atoms with Crippen LogP contribution in [0, 0.1) is 11.6 Å². The lowest BCUT2D eigenvalue weighted by Gasteiger charge is -2.06. The molecule has 8 nitrogen and oxygen atoms in total. The number of halogens is 3. The van der Waals surface area contributed by atoms with Crippen LogP contribution in [-0.2, 0) is 11.3 Å². The predicted molar refractivity (Wildman–Crippen MR) is 110 cm³/mol. The topological polar surface area (TPSA) is 116 Å². The number of anilines is 2. The second-order valence-electron chi connectivity index (χ2n) is 6.43. The van der Waals surface area contributed by atoms with E-state index in [0.29, 0.717) is 17.8 Å². The monoisotopic (exact) mass is 447 g/mol. The molecular formula is C20H16ClF2N5O3. The molecule has 1 heterocycles. The van der Waals surface area contributed by atoms with E-state index in [1.807, 2.05) is 0 Å². The van der Waals surface area contributed by atoms with E-state index in [0.717, 1.165) is 5.56 Å². The fourth-order valence-corrected chi connectivity index (χ4v) is 2.81. The zero-order valence-corrected chi connectivity index (χ0v) is 16.8. The highest BCUT2D eigenvalue weighted by Gasteiger charge is 2.17.